The monoisotopic (exact) mass is 332 g/mol. The summed E-state index contributed by atoms with van der Waals surface area (Å²) in [6.07, 6.45) is 1.47. The number of Topliss-reactive ketones (excluding diaryl/α,β-unsaturated/α-hetero) is 1. The average molecular weight is 332 g/mol. The lowest BCUT2D eigenvalue weighted by atomic mass is 9.73. The molecule has 0 radical (unpaired) electrons. The van der Waals surface area contributed by atoms with Gasteiger partial charge in [-0.3, -0.25) is 4.79 Å². The number of aryl methyl sites for hydroxylation is 1. The standard InChI is InChI=1S/C22H24N2O/c1-14-9-10-16-17(11-14)24-21(15-7-5-4-6-8-15)20-18(23-16)12-22(2,3)13-19(20)25/h4-11,21,23-24H,12-13H2,1-3H3/t21-/m0/s1. The molecule has 1 atom stereocenters. The summed E-state index contributed by atoms with van der Waals surface area (Å²) in [4.78, 5) is 13.1. The van der Waals surface area contributed by atoms with Crippen molar-refractivity contribution in [2.24, 2.45) is 5.41 Å². The maximum Gasteiger partial charge on any atom is 0.163 e. The first-order chi connectivity index (χ1) is 11.9. The van der Waals surface area contributed by atoms with Crippen molar-refractivity contribution in [2.45, 2.75) is 39.7 Å². The van der Waals surface area contributed by atoms with Crippen LogP contribution in [0.5, 0.6) is 0 Å². The SMILES string of the molecule is Cc1ccc2c(c1)N[C@@H](c1ccccc1)C1=C(CC(C)(C)CC1=O)N2. The molecule has 25 heavy (non-hydrogen) atoms. The van der Waals surface area contributed by atoms with Gasteiger partial charge in [-0.1, -0.05) is 50.2 Å². The van der Waals surface area contributed by atoms with E-state index in [2.05, 4.69) is 61.7 Å². The number of anilines is 2. The van der Waals surface area contributed by atoms with E-state index in [0.717, 1.165) is 34.6 Å². The Labute approximate surface area is 149 Å². The van der Waals surface area contributed by atoms with Crippen molar-refractivity contribution in [1.82, 2.24) is 0 Å². The number of ketones is 1. The Morgan fingerprint density at radius 2 is 1.76 bits per heavy atom. The summed E-state index contributed by atoms with van der Waals surface area (Å²) >= 11 is 0. The highest BCUT2D eigenvalue weighted by Gasteiger charge is 2.38. The number of hydrogen-bond acceptors (Lipinski definition) is 3. The second kappa shape index (κ2) is 5.76. The van der Waals surface area contributed by atoms with Gasteiger partial charge in [-0.05, 0) is 42.0 Å². The van der Waals surface area contributed by atoms with Crippen molar-refractivity contribution in [1.29, 1.82) is 0 Å². The zero-order chi connectivity index (χ0) is 17.6. The van der Waals surface area contributed by atoms with Crippen LogP contribution < -0.4 is 10.6 Å². The van der Waals surface area contributed by atoms with Crippen molar-refractivity contribution < 1.29 is 4.79 Å². The second-order valence-electron chi connectivity index (χ2n) is 8.00. The van der Waals surface area contributed by atoms with Gasteiger partial charge in [0.1, 0.15) is 0 Å². The molecule has 0 unspecified atom stereocenters. The van der Waals surface area contributed by atoms with E-state index in [9.17, 15) is 4.79 Å². The van der Waals surface area contributed by atoms with Gasteiger partial charge in [0.2, 0.25) is 0 Å². The number of rotatable bonds is 1. The molecule has 1 heterocycles. The number of allylic oxidation sites excluding steroid dienone is 1. The van der Waals surface area contributed by atoms with E-state index in [0.29, 0.717) is 6.42 Å². The quantitative estimate of drug-likeness (QED) is 0.752. The Bertz CT molecular complexity index is 865. The molecule has 0 amide bonds. The molecule has 3 heteroatoms. The van der Waals surface area contributed by atoms with Crippen LogP contribution in [0.15, 0.2) is 59.8 Å². The van der Waals surface area contributed by atoms with E-state index < -0.39 is 0 Å². The first-order valence-corrected chi connectivity index (χ1v) is 8.88. The van der Waals surface area contributed by atoms with Crippen molar-refractivity contribution in [3.05, 3.63) is 70.9 Å². The first-order valence-electron chi connectivity index (χ1n) is 8.88. The van der Waals surface area contributed by atoms with Gasteiger partial charge in [-0.25, -0.2) is 0 Å². The average Bonchev–Trinajstić information content (AvgIpc) is 2.70. The predicted octanol–water partition coefficient (Wildman–Crippen LogP) is 5.22. The highest BCUT2D eigenvalue weighted by Crippen LogP contribution is 2.45. The zero-order valence-electron chi connectivity index (χ0n) is 15.0. The van der Waals surface area contributed by atoms with Gasteiger partial charge in [0.05, 0.1) is 17.4 Å². The largest absolute Gasteiger partial charge is 0.372 e. The summed E-state index contributed by atoms with van der Waals surface area (Å²) in [5.41, 5.74) is 6.35. The molecule has 128 valence electrons. The van der Waals surface area contributed by atoms with E-state index in [1.165, 1.54) is 5.56 Å². The van der Waals surface area contributed by atoms with E-state index in [-0.39, 0.29) is 17.2 Å². The number of carbonyl (C=O) groups excluding carboxylic acids is 1. The highest BCUT2D eigenvalue weighted by atomic mass is 16.1. The summed E-state index contributed by atoms with van der Waals surface area (Å²) in [5.74, 6) is 0.240. The Kier molecular flexibility index (Phi) is 3.68. The van der Waals surface area contributed by atoms with Gasteiger partial charge in [0.15, 0.2) is 5.78 Å². The van der Waals surface area contributed by atoms with Crippen molar-refractivity contribution in [3.8, 4) is 0 Å². The van der Waals surface area contributed by atoms with Crippen molar-refractivity contribution >= 4 is 17.2 Å². The lowest BCUT2D eigenvalue weighted by molar-refractivity contribution is -0.118. The van der Waals surface area contributed by atoms with E-state index in [4.69, 9.17) is 0 Å². The van der Waals surface area contributed by atoms with E-state index >= 15 is 0 Å². The molecule has 1 aliphatic carbocycles. The van der Waals surface area contributed by atoms with Crippen LogP contribution in [0.4, 0.5) is 11.4 Å². The van der Waals surface area contributed by atoms with Crippen LogP contribution in [0.3, 0.4) is 0 Å². The topological polar surface area (TPSA) is 41.1 Å². The lowest BCUT2D eigenvalue weighted by Gasteiger charge is -2.34. The van der Waals surface area contributed by atoms with Gasteiger partial charge < -0.3 is 10.6 Å². The number of carbonyl (C=O) groups is 1. The summed E-state index contributed by atoms with van der Waals surface area (Å²) in [5, 5.41) is 7.20. The molecule has 0 fully saturated rings. The Morgan fingerprint density at radius 1 is 1.00 bits per heavy atom. The molecular formula is C22H24N2O. The molecule has 2 aromatic rings. The van der Waals surface area contributed by atoms with E-state index in [1.807, 2.05) is 18.2 Å². The van der Waals surface area contributed by atoms with Crippen molar-refractivity contribution in [3.63, 3.8) is 0 Å². The van der Waals surface area contributed by atoms with Gasteiger partial charge in [-0.15, -0.1) is 0 Å². The van der Waals surface area contributed by atoms with E-state index in [1.54, 1.807) is 0 Å². The minimum atomic E-state index is -0.115. The van der Waals surface area contributed by atoms with Crippen LogP contribution in [-0.2, 0) is 4.79 Å². The van der Waals surface area contributed by atoms with Crippen LogP contribution in [-0.4, -0.2) is 5.78 Å². The highest BCUT2D eigenvalue weighted by molar-refractivity contribution is 6.01. The summed E-state index contributed by atoms with van der Waals surface area (Å²) in [7, 11) is 0. The third-order valence-corrected chi connectivity index (χ3v) is 5.10. The molecule has 0 saturated heterocycles. The molecule has 4 rings (SSSR count). The third kappa shape index (κ3) is 2.95. The molecule has 3 nitrogen and oxygen atoms in total. The summed E-state index contributed by atoms with van der Waals surface area (Å²) in [6, 6.07) is 16.5. The minimum Gasteiger partial charge on any atom is -0.372 e. The minimum absolute atomic E-state index is 0.0145. The third-order valence-electron chi connectivity index (χ3n) is 5.10. The number of benzene rings is 2. The first kappa shape index (κ1) is 15.9. The predicted molar refractivity (Wildman–Crippen MR) is 103 cm³/mol. The molecule has 0 saturated carbocycles. The van der Waals surface area contributed by atoms with Gasteiger partial charge >= 0.3 is 0 Å². The Hall–Kier alpha value is -2.55. The molecule has 2 aromatic carbocycles. The van der Waals surface area contributed by atoms with Crippen LogP contribution >= 0.6 is 0 Å². The fourth-order valence-corrected chi connectivity index (χ4v) is 3.95. The van der Waals surface area contributed by atoms with Crippen LogP contribution in [0.1, 0.15) is 43.9 Å². The molecule has 0 aromatic heterocycles. The lowest BCUT2D eigenvalue weighted by Crippen LogP contribution is -2.31. The zero-order valence-corrected chi connectivity index (χ0v) is 15.0. The molecule has 1 aliphatic heterocycles. The summed E-state index contributed by atoms with van der Waals surface area (Å²) in [6.45, 7) is 6.43. The number of hydrogen-bond donors (Lipinski definition) is 2. The van der Waals surface area contributed by atoms with Gasteiger partial charge in [0, 0.05) is 17.7 Å². The van der Waals surface area contributed by atoms with Gasteiger partial charge in [-0.2, -0.15) is 0 Å². The smallest absolute Gasteiger partial charge is 0.163 e. The Morgan fingerprint density at radius 3 is 2.52 bits per heavy atom. The molecule has 2 N–H and O–H groups in total. The number of fused-ring (bicyclic) bond motifs is 1. The molecular weight excluding hydrogens is 308 g/mol. The second-order valence-corrected chi connectivity index (χ2v) is 8.00. The van der Waals surface area contributed by atoms with Crippen molar-refractivity contribution in [2.75, 3.05) is 10.6 Å². The number of nitrogens with one attached hydrogen (secondary N) is 2. The maximum atomic E-state index is 13.1. The van der Waals surface area contributed by atoms with Crippen LogP contribution in [0.2, 0.25) is 0 Å². The molecule has 2 aliphatic rings. The Balaban J connectivity index is 1.89. The van der Waals surface area contributed by atoms with Crippen LogP contribution in [0.25, 0.3) is 0 Å². The van der Waals surface area contributed by atoms with Crippen LogP contribution in [0, 0.1) is 12.3 Å². The normalized spacial score (nSPS) is 21.6. The summed E-state index contributed by atoms with van der Waals surface area (Å²) < 4.78 is 0. The fraction of sp³-hybridized carbons (Fsp3) is 0.318. The molecule has 0 spiro atoms. The molecule has 0 bridgehead atoms. The van der Waals surface area contributed by atoms with Gasteiger partial charge in [0.25, 0.3) is 0 Å². The maximum absolute atomic E-state index is 13.1. The fourth-order valence-electron chi connectivity index (χ4n) is 3.95.